The summed E-state index contributed by atoms with van der Waals surface area (Å²) in [6.45, 7) is 1.16. The van der Waals surface area contributed by atoms with Gasteiger partial charge in [0.1, 0.15) is 0 Å². The third kappa shape index (κ3) is 2.43. The zero-order chi connectivity index (χ0) is 11.4. The molecule has 0 aliphatic heterocycles. The normalized spacial score (nSPS) is 9.47. The molecule has 0 aliphatic carbocycles. The summed E-state index contributed by atoms with van der Waals surface area (Å²) in [7, 11) is 1.34. The molecule has 0 amide bonds. The van der Waals surface area contributed by atoms with Gasteiger partial charge in [0.05, 0.1) is 12.0 Å². The minimum Gasteiger partial charge on any atom is -0.493 e. The summed E-state index contributed by atoms with van der Waals surface area (Å²) in [6, 6.07) is 4.16. The van der Waals surface area contributed by atoms with Crippen molar-refractivity contribution < 1.29 is 19.2 Å². The summed E-state index contributed by atoms with van der Waals surface area (Å²) in [4.78, 5) is 20.7. The number of hydrogen-bond donors (Lipinski definition) is 0. The number of benzene rings is 1. The van der Waals surface area contributed by atoms with E-state index in [0.29, 0.717) is 0 Å². The Morgan fingerprint density at radius 1 is 1.47 bits per heavy atom. The van der Waals surface area contributed by atoms with Gasteiger partial charge in [0.25, 0.3) is 0 Å². The van der Waals surface area contributed by atoms with Gasteiger partial charge in [0, 0.05) is 13.0 Å². The van der Waals surface area contributed by atoms with Crippen LogP contribution in [-0.4, -0.2) is 18.0 Å². The zero-order valence-corrected chi connectivity index (χ0v) is 8.22. The van der Waals surface area contributed by atoms with Crippen LogP contribution in [0.2, 0.25) is 0 Å². The van der Waals surface area contributed by atoms with Crippen LogP contribution in [0.25, 0.3) is 0 Å². The van der Waals surface area contributed by atoms with Gasteiger partial charge in [-0.25, -0.2) is 0 Å². The highest BCUT2D eigenvalue weighted by Crippen LogP contribution is 2.36. The highest BCUT2D eigenvalue weighted by Gasteiger charge is 2.21. The predicted molar refractivity (Wildman–Crippen MR) is 51.0 cm³/mol. The molecular formula is C9H9NO5. The van der Waals surface area contributed by atoms with Crippen molar-refractivity contribution in [2.24, 2.45) is 0 Å². The van der Waals surface area contributed by atoms with Crippen LogP contribution in [-0.2, 0) is 4.79 Å². The predicted octanol–water partition coefficient (Wildman–Crippen LogP) is 1.53. The summed E-state index contributed by atoms with van der Waals surface area (Å²) in [5.41, 5.74) is -0.301. The van der Waals surface area contributed by atoms with Crippen molar-refractivity contribution in [3.05, 3.63) is 28.3 Å². The number of carbonyl (C=O) groups excluding carboxylic acids is 1. The first-order valence-electron chi connectivity index (χ1n) is 4.06. The van der Waals surface area contributed by atoms with Crippen LogP contribution >= 0.6 is 0 Å². The van der Waals surface area contributed by atoms with E-state index in [1.165, 1.54) is 25.3 Å². The highest BCUT2D eigenvalue weighted by atomic mass is 16.6. The van der Waals surface area contributed by atoms with Gasteiger partial charge in [-0.2, -0.15) is 0 Å². The van der Waals surface area contributed by atoms with Crippen LogP contribution in [0, 0.1) is 10.1 Å². The van der Waals surface area contributed by atoms with Gasteiger partial charge < -0.3 is 9.47 Å². The fourth-order valence-electron chi connectivity index (χ4n) is 1.06. The Labute approximate surface area is 85.6 Å². The third-order valence-electron chi connectivity index (χ3n) is 1.62. The van der Waals surface area contributed by atoms with Gasteiger partial charge in [0.15, 0.2) is 5.75 Å². The average molecular weight is 211 g/mol. The molecule has 0 spiro atoms. The molecule has 0 N–H and O–H groups in total. The molecule has 0 aliphatic rings. The lowest BCUT2D eigenvalue weighted by Gasteiger charge is -2.07. The third-order valence-corrected chi connectivity index (χ3v) is 1.62. The highest BCUT2D eigenvalue weighted by molar-refractivity contribution is 5.73. The van der Waals surface area contributed by atoms with Gasteiger partial charge in [-0.15, -0.1) is 0 Å². The monoisotopic (exact) mass is 211 g/mol. The van der Waals surface area contributed by atoms with Crippen molar-refractivity contribution in [1.82, 2.24) is 0 Å². The van der Waals surface area contributed by atoms with E-state index >= 15 is 0 Å². The standard InChI is InChI=1S/C9H9NO5/c1-6(11)15-9-7(10(12)13)4-3-5-8(9)14-2/h3-5H,1-2H3. The quantitative estimate of drug-likeness (QED) is 0.328. The van der Waals surface area contributed by atoms with Gasteiger partial charge in [-0.1, -0.05) is 6.07 Å². The second-order valence-corrected chi connectivity index (χ2v) is 2.66. The number of para-hydroxylation sites is 1. The molecule has 0 aromatic heterocycles. The Balaban J connectivity index is 3.26. The van der Waals surface area contributed by atoms with Crippen molar-refractivity contribution in [3.63, 3.8) is 0 Å². The molecule has 15 heavy (non-hydrogen) atoms. The molecule has 80 valence electrons. The summed E-state index contributed by atoms with van der Waals surface area (Å²) in [5, 5.41) is 10.6. The number of nitro benzene ring substituents is 1. The van der Waals surface area contributed by atoms with Crippen LogP contribution in [0.3, 0.4) is 0 Å². The van der Waals surface area contributed by atoms with E-state index in [2.05, 4.69) is 0 Å². The molecule has 1 aromatic carbocycles. The smallest absolute Gasteiger partial charge is 0.315 e. The minimum atomic E-state index is -0.638. The summed E-state index contributed by atoms with van der Waals surface area (Å²) in [6.07, 6.45) is 0. The number of rotatable bonds is 3. The molecule has 1 rings (SSSR count). The molecule has 6 nitrogen and oxygen atoms in total. The van der Waals surface area contributed by atoms with E-state index in [-0.39, 0.29) is 17.2 Å². The van der Waals surface area contributed by atoms with Crippen molar-refractivity contribution in [2.75, 3.05) is 7.11 Å². The van der Waals surface area contributed by atoms with E-state index in [1.54, 1.807) is 0 Å². The topological polar surface area (TPSA) is 78.7 Å². The van der Waals surface area contributed by atoms with Gasteiger partial charge in [-0.3, -0.25) is 14.9 Å². The maximum Gasteiger partial charge on any atom is 0.315 e. The molecule has 0 radical (unpaired) electrons. The number of hydrogen-bond acceptors (Lipinski definition) is 5. The molecule has 1 aromatic rings. The van der Waals surface area contributed by atoms with E-state index in [1.807, 2.05) is 0 Å². The van der Waals surface area contributed by atoms with E-state index < -0.39 is 10.9 Å². The minimum absolute atomic E-state index is 0.152. The van der Waals surface area contributed by atoms with Gasteiger partial charge in [0.2, 0.25) is 5.75 Å². The molecule has 6 heteroatoms. The molecule has 0 bridgehead atoms. The van der Waals surface area contributed by atoms with Crippen LogP contribution < -0.4 is 9.47 Å². The molecule has 0 unspecified atom stereocenters. The van der Waals surface area contributed by atoms with Crippen LogP contribution in [0.1, 0.15) is 6.92 Å². The second kappa shape index (κ2) is 4.41. The molecule has 0 saturated heterocycles. The van der Waals surface area contributed by atoms with Crippen LogP contribution in [0.5, 0.6) is 11.5 Å². The second-order valence-electron chi connectivity index (χ2n) is 2.66. The van der Waals surface area contributed by atoms with E-state index in [0.717, 1.165) is 6.92 Å². The van der Waals surface area contributed by atoms with Crippen molar-refractivity contribution in [3.8, 4) is 11.5 Å². The Morgan fingerprint density at radius 2 is 2.13 bits per heavy atom. The van der Waals surface area contributed by atoms with Crippen molar-refractivity contribution >= 4 is 11.7 Å². The molecule has 0 fully saturated rings. The Morgan fingerprint density at radius 3 is 2.60 bits per heavy atom. The number of nitrogens with zero attached hydrogens (tertiary/aromatic N) is 1. The molecule has 0 heterocycles. The van der Waals surface area contributed by atoms with E-state index in [4.69, 9.17) is 9.47 Å². The maximum absolute atomic E-state index is 10.8. The Hall–Kier alpha value is -2.11. The molecule has 0 saturated carbocycles. The largest absolute Gasteiger partial charge is 0.493 e. The summed E-state index contributed by atoms with van der Waals surface area (Å²) in [5.74, 6) is -0.653. The molecule has 0 atom stereocenters. The summed E-state index contributed by atoms with van der Waals surface area (Å²) >= 11 is 0. The number of nitro groups is 1. The SMILES string of the molecule is COc1cccc([N+](=O)[O-])c1OC(C)=O. The van der Waals surface area contributed by atoms with Crippen LogP contribution in [0.15, 0.2) is 18.2 Å². The fraction of sp³-hybridized carbons (Fsp3) is 0.222. The first kappa shape index (κ1) is 11.0. The van der Waals surface area contributed by atoms with E-state index in [9.17, 15) is 14.9 Å². The van der Waals surface area contributed by atoms with Gasteiger partial charge in [-0.05, 0) is 6.07 Å². The van der Waals surface area contributed by atoms with Crippen molar-refractivity contribution in [1.29, 1.82) is 0 Å². The fourth-order valence-corrected chi connectivity index (χ4v) is 1.06. The van der Waals surface area contributed by atoms with Gasteiger partial charge >= 0.3 is 11.7 Å². The maximum atomic E-state index is 10.8. The molecular weight excluding hydrogens is 202 g/mol. The summed E-state index contributed by atoms with van der Waals surface area (Å²) < 4.78 is 9.58. The average Bonchev–Trinajstić information content (AvgIpc) is 2.16. The lowest BCUT2D eigenvalue weighted by Crippen LogP contribution is -2.05. The lowest BCUT2D eigenvalue weighted by molar-refractivity contribution is -0.385. The number of ether oxygens (including phenoxy) is 2. The number of carbonyl (C=O) groups is 1. The lowest BCUT2D eigenvalue weighted by atomic mass is 10.3. The Bertz CT molecular complexity index is 401. The Kier molecular flexibility index (Phi) is 3.22. The first-order valence-corrected chi connectivity index (χ1v) is 4.06. The number of methoxy groups -OCH3 is 1. The zero-order valence-electron chi connectivity index (χ0n) is 8.22. The number of esters is 1. The van der Waals surface area contributed by atoms with Crippen molar-refractivity contribution in [2.45, 2.75) is 6.92 Å². The first-order chi connectivity index (χ1) is 7.06. The van der Waals surface area contributed by atoms with Crippen LogP contribution in [0.4, 0.5) is 5.69 Å².